The first-order valence-electron chi connectivity index (χ1n) is 8.04. The fourth-order valence-electron chi connectivity index (χ4n) is 3.02. The van der Waals surface area contributed by atoms with Crippen LogP contribution in [0.4, 0.5) is 11.5 Å². The maximum absolute atomic E-state index is 12.9. The molecule has 1 aliphatic rings. The van der Waals surface area contributed by atoms with E-state index in [4.69, 9.17) is 4.74 Å². The predicted molar refractivity (Wildman–Crippen MR) is 96.3 cm³/mol. The Morgan fingerprint density at radius 2 is 2.04 bits per heavy atom. The van der Waals surface area contributed by atoms with Crippen molar-refractivity contribution in [3.63, 3.8) is 0 Å². The second-order valence-electron chi connectivity index (χ2n) is 5.63. The minimum absolute atomic E-state index is 0.232. The number of esters is 1. The summed E-state index contributed by atoms with van der Waals surface area (Å²) in [5.41, 5.74) is 1.21. The predicted octanol–water partition coefficient (Wildman–Crippen LogP) is 3.10. The van der Waals surface area contributed by atoms with Crippen molar-refractivity contribution in [2.75, 3.05) is 17.8 Å². The van der Waals surface area contributed by atoms with Crippen LogP contribution in [0.25, 0.3) is 0 Å². The number of ketones is 1. The maximum atomic E-state index is 12.9. The summed E-state index contributed by atoms with van der Waals surface area (Å²) in [5.74, 6) is -1.18. The van der Waals surface area contributed by atoms with Crippen LogP contribution in [-0.4, -0.2) is 40.6 Å². The number of Topliss-reactive ketones (excluding diaryl/α,β-unsaturated/α-hetero) is 1. The van der Waals surface area contributed by atoms with E-state index in [2.05, 4.69) is 9.97 Å². The molecule has 2 aromatic rings. The van der Waals surface area contributed by atoms with Crippen molar-refractivity contribution in [2.45, 2.75) is 25.0 Å². The molecule has 7 heteroatoms. The van der Waals surface area contributed by atoms with Gasteiger partial charge in [0.15, 0.2) is 10.9 Å². The number of carbonyl (C=O) groups excluding carboxylic acids is 2. The molecule has 2 unspecified atom stereocenters. The van der Waals surface area contributed by atoms with Crippen LogP contribution < -0.4 is 4.90 Å². The summed E-state index contributed by atoms with van der Waals surface area (Å²) in [6.07, 6.45) is 3.38. The molecule has 0 radical (unpaired) electrons. The van der Waals surface area contributed by atoms with Gasteiger partial charge >= 0.3 is 5.97 Å². The topological polar surface area (TPSA) is 72.4 Å². The molecule has 2 atom stereocenters. The zero-order valence-corrected chi connectivity index (χ0v) is 15.1. The standard InChI is InChI=1S/C18H19N3O3S/c1-4-24-17(23)14-11(2)21(12-8-6-5-7-9-12)16-13(15(14)22)10-19-18(20-16)25-3/h5-11,14H,4H2,1-3H3. The number of benzene rings is 1. The molecule has 2 heterocycles. The van der Waals surface area contributed by atoms with Crippen molar-refractivity contribution in [1.29, 1.82) is 0 Å². The Labute approximate surface area is 150 Å². The lowest BCUT2D eigenvalue weighted by Crippen LogP contribution is -2.48. The molecule has 130 valence electrons. The molecule has 1 aromatic carbocycles. The van der Waals surface area contributed by atoms with Crippen molar-refractivity contribution in [3.8, 4) is 0 Å². The molecule has 0 amide bonds. The molecular weight excluding hydrogens is 338 g/mol. The van der Waals surface area contributed by atoms with Gasteiger partial charge in [0.05, 0.1) is 18.2 Å². The molecule has 6 nitrogen and oxygen atoms in total. The van der Waals surface area contributed by atoms with E-state index in [0.717, 1.165) is 5.69 Å². The van der Waals surface area contributed by atoms with Gasteiger partial charge in [-0.25, -0.2) is 9.97 Å². The number of thioether (sulfide) groups is 1. The molecule has 0 saturated carbocycles. The third-order valence-electron chi connectivity index (χ3n) is 4.17. The summed E-state index contributed by atoms with van der Waals surface area (Å²) in [4.78, 5) is 36.0. The third-order valence-corrected chi connectivity index (χ3v) is 4.73. The van der Waals surface area contributed by atoms with Crippen molar-refractivity contribution in [3.05, 3.63) is 42.1 Å². The number of ether oxygens (including phenoxy) is 1. The van der Waals surface area contributed by atoms with E-state index >= 15 is 0 Å². The Morgan fingerprint density at radius 3 is 2.68 bits per heavy atom. The van der Waals surface area contributed by atoms with Gasteiger partial charge in [0.2, 0.25) is 0 Å². The quantitative estimate of drug-likeness (QED) is 0.360. The molecule has 0 aliphatic carbocycles. The van der Waals surface area contributed by atoms with E-state index < -0.39 is 17.9 Å². The molecule has 1 aliphatic heterocycles. The lowest BCUT2D eigenvalue weighted by molar-refractivity contribution is -0.146. The molecule has 25 heavy (non-hydrogen) atoms. The minimum Gasteiger partial charge on any atom is -0.465 e. The Balaban J connectivity index is 2.16. The second-order valence-corrected chi connectivity index (χ2v) is 6.41. The van der Waals surface area contributed by atoms with Gasteiger partial charge in [-0.1, -0.05) is 30.0 Å². The fourth-order valence-corrected chi connectivity index (χ4v) is 3.36. The molecule has 1 aromatic heterocycles. The van der Waals surface area contributed by atoms with E-state index in [0.29, 0.717) is 16.5 Å². The molecule has 0 spiro atoms. The number of hydrogen-bond donors (Lipinski definition) is 0. The highest BCUT2D eigenvalue weighted by Crippen LogP contribution is 2.38. The smallest absolute Gasteiger partial charge is 0.318 e. The van der Waals surface area contributed by atoms with Gasteiger partial charge in [-0.2, -0.15) is 0 Å². The Bertz CT molecular complexity index is 797. The monoisotopic (exact) mass is 357 g/mol. The number of hydrogen-bond acceptors (Lipinski definition) is 7. The van der Waals surface area contributed by atoms with E-state index in [-0.39, 0.29) is 12.4 Å². The lowest BCUT2D eigenvalue weighted by Gasteiger charge is -2.38. The van der Waals surface area contributed by atoms with Crippen LogP contribution in [0.15, 0.2) is 41.7 Å². The van der Waals surface area contributed by atoms with Crippen LogP contribution in [-0.2, 0) is 9.53 Å². The normalized spacial score (nSPS) is 19.5. The summed E-state index contributed by atoms with van der Waals surface area (Å²) in [5, 5.41) is 0.578. The fraction of sp³-hybridized carbons (Fsp3) is 0.333. The Morgan fingerprint density at radius 1 is 1.32 bits per heavy atom. The summed E-state index contributed by atoms with van der Waals surface area (Å²) >= 11 is 1.40. The summed E-state index contributed by atoms with van der Waals surface area (Å²) in [6, 6.07) is 9.19. The molecule has 0 N–H and O–H groups in total. The Kier molecular flexibility index (Phi) is 5.03. The largest absolute Gasteiger partial charge is 0.465 e. The van der Waals surface area contributed by atoms with Gasteiger partial charge in [-0.3, -0.25) is 9.59 Å². The number of fused-ring (bicyclic) bond motifs is 1. The maximum Gasteiger partial charge on any atom is 0.318 e. The third kappa shape index (κ3) is 3.11. The lowest BCUT2D eigenvalue weighted by atomic mass is 9.86. The van der Waals surface area contributed by atoms with Gasteiger partial charge in [0.25, 0.3) is 0 Å². The molecule has 0 bridgehead atoms. The van der Waals surface area contributed by atoms with Crippen LogP contribution in [0.2, 0.25) is 0 Å². The van der Waals surface area contributed by atoms with Gasteiger partial charge in [-0.05, 0) is 32.2 Å². The first kappa shape index (κ1) is 17.4. The van der Waals surface area contributed by atoms with Crippen LogP contribution in [0, 0.1) is 5.92 Å². The van der Waals surface area contributed by atoms with Gasteiger partial charge in [-0.15, -0.1) is 0 Å². The Hall–Kier alpha value is -2.41. The average Bonchev–Trinajstić information content (AvgIpc) is 2.62. The highest BCUT2D eigenvalue weighted by Gasteiger charge is 2.44. The molecule has 0 saturated heterocycles. The SMILES string of the molecule is CCOC(=O)C1C(=O)c2cnc(SC)nc2N(c2ccccc2)C1C. The summed E-state index contributed by atoms with van der Waals surface area (Å²) < 4.78 is 5.13. The first-order valence-corrected chi connectivity index (χ1v) is 9.27. The van der Waals surface area contributed by atoms with Crippen LogP contribution in [0.5, 0.6) is 0 Å². The van der Waals surface area contributed by atoms with Crippen molar-refractivity contribution >= 4 is 35.0 Å². The van der Waals surface area contributed by atoms with Crippen LogP contribution in [0.3, 0.4) is 0 Å². The van der Waals surface area contributed by atoms with E-state index in [9.17, 15) is 9.59 Å². The van der Waals surface area contributed by atoms with Gasteiger partial charge < -0.3 is 9.64 Å². The number of carbonyl (C=O) groups is 2. The van der Waals surface area contributed by atoms with Crippen LogP contribution in [0.1, 0.15) is 24.2 Å². The number of para-hydroxylation sites is 1. The van der Waals surface area contributed by atoms with E-state index in [1.165, 1.54) is 18.0 Å². The highest BCUT2D eigenvalue weighted by molar-refractivity contribution is 7.98. The highest BCUT2D eigenvalue weighted by atomic mass is 32.2. The van der Waals surface area contributed by atoms with E-state index in [1.807, 2.05) is 48.4 Å². The molecule has 0 fully saturated rings. The summed E-state index contributed by atoms with van der Waals surface area (Å²) in [6.45, 7) is 3.80. The average molecular weight is 357 g/mol. The van der Waals surface area contributed by atoms with E-state index in [1.54, 1.807) is 6.92 Å². The van der Waals surface area contributed by atoms with Crippen LogP contribution >= 0.6 is 11.8 Å². The van der Waals surface area contributed by atoms with Gasteiger partial charge in [0.1, 0.15) is 11.7 Å². The minimum atomic E-state index is -0.906. The molecule has 3 rings (SSSR count). The van der Waals surface area contributed by atoms with Crippen molar-refractivity contribution in [1.82, 2.24) is 9.97 Å². The van der Waals surface area contributed by atoms with Gasteiger partial charge in [0, 0.05) is 11.9 Å². The zero-order chi connectivity index (χ0) is 18.0. The van der Waals surface area contributed by atoms with Crippen molar-refractivity contribution < 1.29 is 14.3 Å². The molecular formula is C18H19N3O3S. The summed E-state index contributed by atoms with van der Waals surface area (Å²) in [7, 11) is 0. The number of anilines is 2. The zero-order valence-electron chi connectivity index (χ0n) is 14.3. The van der Waals surface area contributed by atoms with Crippen molar-refractivity contribution in [2.24, 2.45) is 5.92 Å². The second kappa shape index (κ2) is 7.23. The number of aromatic nitrogens is 2. The first-order chi connectivity index (χ1) is 12.1. The number of nitrogens with zero attached hydrogens (tertiary/aromatic N) is 3. The number of rotatable bonds is 4.